The predicted molar refractivity (Wildman–Crippen MR) is 64.0 cm³/mol. The number of hydrogen-bond donors (Lipinski definition) is 1. The van der Waals surface area contributed by atoms with Gasteiger partial charge in [-0.1, -0.05) is 0 Å². The third kappa shape index (κ3) is 1.65. The van der Waals surface area contributed by atoms with Crippen molar-refractivity contribution in [1.82, 2.24) is 14.7 Å². The lowest BCUT2D eigenvalue weighted by atomic mass is 10.1. The molecule has 0 amide bonds. The van der Waals surface area contributed by atoms with Crippen LogP contribution in [0.2, 0.25) is 0 Å². The van der Waals surface area contributed by atoms with E-state index in [0.717, 1.165) is 36.8 Å². The molecule has 0 radical (unpaired) electrons. The number of nitrogens with one attached hydrogen (secondary N) is 1. The van der Waals surface area contributed by atoms with Crippen LogP contribution in [0.15, 0.2) is 11.6 Å². The summed E-state index contributed by atoms with van der Waals surface area (Å²) in [4.78, 5) is 5.66. The number of nitrogens with zero attached hydrogens (tertiary/aromatic N) is 2. The maximum absolute atomic E-state index is 5.47. The van der Waals surface area contributed by atoms with Gasteiger partial charge in [0.15, 0.2) is 4.96 Å². The zero-order valence-corrected chi connectivity index (χ0v) is 10.1. The van der Waals surface area contributed by atoms with Crippen LogP contribution in [0.4, 0.5) is 0 Å². The summed E-state index contributed by atoms with van der Waals surface area (Å²) >= 11 is 1.68. The molecule has 1 saturated heterocycles. The Morgan fingerprint density at radius 1 is 1.56 bits per heavy atom. The fourth-order valence-corrected chi connectivity index (χ4v) is 3.04. The number of fused-ring (bicyclic) bond motifs is 1. The molecule has 0 saturated carbocycles. The molecular formula is C11H15N3OS. The quantitative estimate of drug-likeness (QED) is 0.821. The average Bonchev–Trinajstić information content (AvgIpc) is 2.70. The van der Waals surface area contributed by atoms with Gasteiger partial charge in [0.25, 0.3) is 0 Å². The number of thiazole rings is 1. The summed E-state index contributed by atoms with van der Waals surface area (Å²) in [5.41, 5.74) is 2.42. The predicted octanol–water partition coefficient (Wildman–Crippen LogP) is 1.76. The molecule has 4 nitrogen and oxygen atoms in total. The number of hydrogen-bond acceptors (Lipinski definition) is 4. The molecule has 3 heterocycles. The van der Waals surface area contributed by atoms with E-state index in [1.807, 2.05) is 0 Å². The van der Waals surface area contributed by atoms with E-state index in [1.165, 1.54) is 5.69 Å². The molecule has 1 atom stereocenters. The summed E-state index contributed by atoms with van der Waals surface area (Å²) in [6, 6.07) is 0.368. The maximum Gasteiger partial charge on any atom is 0.194 e. The number of aryl methyl sites for hydroxylation is 1. The van der Waals surface area contributed by atoms with Crippen LogP contribution in [-0.2, 0) is 4.74 Å². The van der Waals surface area contributed by atoms with Crippen LogP contribution in [0.1, 0.15) is 23.9 Å². The second kappa shape index (κ2) is 4.16. The van der Waals surface area contributed by atoms with Crippen molar-refractivity contribution in [2.75, 3.05) is 19.8 Å². The lowest BCUT2D eigenvalue weighted by molar-refractivity contribution is 0.149. The Morgan fingerprint density at radius 2 is 2.50 bits per heavy atom. The van der Waals surface area contributed by atoms with Crippen molar-refractivity contribution in [3.63, 3.8) is 0 Å². The first-order valence-corrected chi connectivity index (χ1v) is 6.47. The molecule has 0 aliphatic carbocycles. The summed E-state index contributed by atoms with van der Waals surface area (Å²) in [5, 5.41) is 5.61. The van der Waals surface area contributed by atoms with Gasteiger partial charge >= 0.3 is 0 Å². The fourth-order valence-electron chi connectivity index (χ4n) is 2.28. The van der Waals surface area contributed by atoms with E-state index in [4.69, 9.17) is 4.74 Å². The monoisotopic (exact) mass is 237 g/mol. The van der Waals surface area contributed by atoms with Gasteiger partial charge in [0.05, 0.1) is 24.0 Å². The minimum absolute atomic E-state index is 0.368. The van der Waals surface area contributed by atoms with E-state index in [0.29, 0.717) is 6.04 Å². The van der Waals surface area contributed by atoms with Gasteiger partial charge in [0, 0.05) is 24.7 Å². The highest BCUT2D eigenvalue weighted by atomic mass is 32.1. The van der Waals surface area contributed by atoms with Gasteiger partial charge in [-0.05, 0) is 13.3 Å². The minimum atomic E-state index is 0.368. The van der Waals surface area contributed by atoms with Crippen molar-refractivity contribution in [3.8, 4) is 0 Å². The summed E-state index contributed by atoms with van der Waals surface area (Å²) in [6.45, 7) is 4.64. The Morgan fingerprint density at radius 3 is 3.44 bits per heavy atom. The molecule has 0 spiro atoms. The third-order valence-electron chi connectivity index (χ3n) is 3.00. The lowest BCUT2D eigenvalue weighted by Gasteiger charge is -2.15. The summed E-state index contributed by atoms with van der Waals surface area (Å²) in [6.07, 6.45) is 3.12. The average molecular weight is 237 g/mol. The molecule has 3 rings (SSSR count). The van der Waals surface area contributed by atoms with Crippen molar-refractivity contribution in [2.45, 2.75) is 19.4 Å². The normalized spacial score (nSPS) is 22.4. The number of imidazole rings is 1. The van der Waals surface area contributed by atoms with E-state index in [2.05, 4.69) is 33.2 Å². The van der Waals surface area contributed by atoms with Gasteiger partial charge in [-0.3, -0.25) is 4.40 Å². The first-order chi connectivity index (χ1) is 7.86. The molecule has 16 heavy (non-hydrogen) atoms. The second-order valence-corrected chi connectivity index (χ2v) is 4.92. The molecular weight excluding hydrogens is 222 g/mol. The molecule has 1 N–H and O–H groups in total. The van der Waals surface area contributed by atoms with Crippen LogP contribution in [0.25, 0.3) is 4.96 Å². The Balaban J connectivity index is 2.02. The number of aromatic nitrogens is 2. The van der Waals surface area contributed by atoms with Crippen LogP contribution in [-0.4, -0.2) is 29.1 Å². The second-order valence-electron chi connectivity index (χ2n) is 4.05. The highest BCUT2D eigenvalue weighted by Gasteiger charge is 2.20. The van der Waals surface area contributed by atoms with Gasteiger partial charge in [-0.15, -0.1) is 11.3 Å². The van der Waals surface area contributed by atoms with Crippen molar-refractivity contribution < 1.29 is 4.74 Å². The number of ether oxygens (including phenoxy) is 1. The molecule has 2 aromatic heterocycles. The van der Waals surface area contributed by atoms with Gasteiger partial charge in [0.1, 0.15) is 0 Å². The SMILES string of the molecule is Cc1nc2sccn2c1C1CCOCCN1. The van der Waals surface area contributed by atoms with Crippen molar-refractivity contribution in [3.05, 3.63) is 23.0 Å². The van der Waals surface area contributed by atoms with E-state index < -0.39 is 0 Å². The summed E-state index contributed by atoms with van der Waals surface area (Å²) in [5.74, 6) is 0. The maximum atomic E-state index is 5.47. The molecule has 5 heteroatoms. The molecule has 1 aliphatic rings. The Labute approximate surface area is 98.3 Å². The van der Waals surface area contributed by atoms with Crippen LogP contribution in [0.3, 0.4) is 0 Å². The van der Waals surface area contributed by atoms with Crippen molar-refractivity contribution in [2.24, 2.45) is 0 Å². The van der Waals surface area contributed by atoms with Gasteiger partial charge in [0.2, 0.25) is 0 Å². The van der Waals surface area contributed by atoms with E-state index in [9.17, 15) is 0 Å². The largest absolute Gasteiger partial charge is 0.380 e. The zero-order chi connectivity index (χ0) is 11.0. The third-order valence-corrected chi connectivity index (χ3v) is 3.76. The lowest BCUT2D eigenvalue weighted by Crippen LogP contribution is -2.23. The van der Waals surface area contributed by atoms with Gasteiger partial charge in [-0.2, -0.15) is 0 Å². The fraction of sp³-hybridized carbons (Fsp3) is 0.545. The van der Waals surface area contributed by atoms with Crippen LogP contribution >= 0.6 is 11.3 Å². The van der Waals surface area contributed by atoms with Gasteiger partial charge < -0.3 is 10.1 Å². The van der Waals surface area contributed by atoms with Crippen LogP contribution in [0.5, 0.6) is 0 Å². The van der Waals surface area contributed by atoms with Crippen molar-refractivity contribution in [1.29, 1.82) is 0 Å². The molecule has 1 aliphatic heterocycles. The highest BCUT2D eigenvalue weighted by Crippen LogP contribution is 2.25. The molecule has 86 valence electrons. The zero-order valence-electron chi connectivity index (χ0n) is 9.27. The Hall–Kier alpha value is -0.910. The number of rotatable bonds is 1. The van der Waals surface area contributed by atoms with Crippen LogP contribution < -0.4 is 5.32 Å². The Kier molecular flexibility index (Phi) is 2.67. The first-order valence-electron chi connectivity index (χ1n) is 5.59. The molecule has 0 bridgehead atoms. The molecule has 0 aromatic carbocycles. The summed E-state index contributed by atoms with van der Waals surface area (Å²) < 4.78 is 7.66. The topological polar surface area (TPSA) is 38.6 Å². The minimum Gasteiger partial charge on any atom is -0.380 e. The van der Waals surface area contributed by atoms with E-state index >= 15 is 0 Å². The molecule has 2 aromatic rings. The Bertz CT molecular complexity index is 482. The standard InChI is InChI=1S/C11H15N3OS/c1-8-10(9-2-5-15-6-3-12-9)14-4-7-16-11(14)13-8/h4,7,9,12H,2-3,5-6H2,1H3. The first kappa shape index (κ1) is 10.3. The summed E-state index contributed by atoms with van der Waals surface area (Å²) in [7, 11) is 0. The molecule has 1 fully saturated rings. The van der Waals surface area contributed by atoms with E-state index in [-0.39, 0.29) is 0 Å². The van der Waals surface area contributed by atoms with E-state index in [1.54, 1.807) is 11.3 Å². The highest BCUT2D eigenvalue weighted by molar-refractivity contribution is 7.15. The molecule has 1 unspecified atom stereocenters. The van der Waals surface area contributed by atoms with Crippen LogP contribution in [0, 0.1) is 6.92 Å². The van der Waals surface area contributed by atoms with Crippen molar-refractivity contribution >= 4 is 16.3 Å². The van der Waals surface area contributed by atoms with Gasteiger partial charge in [-0.25, -0.2) is 4.98 Å². The smallest absolute Gasteiger partial charge is 0.194 e.